The van der Waals surface area contributed by atoms with Crippen LogP contribution in [-0.4, -0.2) is 43.8 Å². The zero-order valence-corrected chi connectivity index (χ0v) is 14.5. The molecule has 1 unspecified atom stereocenters. The maximum atomic E-state index is 12.6. The lowest BCUT2D eigenvalue weighted by atomic mass is 10.2. The van der Waals surface area contributed by atoms with Crippen molar-refractivity contribution < 1.29 is 13.3 Å². The van der Waals surface area contributed by atoms with Crippen LogP contribution in [0.3, 0.4) is 0 Å². The van der Waals surface area contributed by atoms with E-state index in [1.165, 1.54) is 24.3 Å². The summed E-state index contributed by atoms with van der Waals surface area (Å²) >= 11 is 5.93. The standard InChI is InChI=1S/C12H16ClN3O4S.ClH/c1-8-11(13)5-10(6-12(8)16(17)18)21(19,20)15(2)9-3-4-14-7-9;/h5-6,9,14H,3-4,7H2,1-2H3;1H. The Morgan fingerprint density at radius 2 is 2.09 bits per heavy atom. The van der Waals surface area contributed by atoms with Crippen molar-refractivity contribution >= 4 is 39.7 Å². The van der Waals surface area contributed by atoms with Crippen LogP contribution in [0, 0.1) is 17.0 Å². The van der Waals surface area contributed by atoms with Crippen molar-refractivity contribution in [1.82, 2.24) is 9.62 Å². The fourth-order valence-electron chi connectivity index (χ4n) is 2.29. The molecule has 1 heterocycles. The monoisotopic (exact) mass is 369 g/mol. The Hall–Kier alpha value is -0.930. The van der Waals surface area contributed by atoms with Gasteiger partial charge in [0.1, 0.15) is 0 Å². The van der Waals surface area contributed by atoms with Gasteiger partial charge >= 0.3 is 0 Å². The van der Waals surface area contributed by atoms with E-state index in [-0.39, 0.29) is 39.6 Å². The first-order chi connectivity index (χ1) is 9.75. The number of nitro groups is 1. The van der Waals surface area contributed by atoms with Crippen molar-refractivity contribution in [1.29, 1.82) is 0 Å². The lowest BCUT2D eigenvalue weighted by Crippen LogP contribution is -2.38. The number of likely N-dealkylation sites (N-methyl/N-ethyl adjacent to an activating group) is 1. The van der Waals surface area contributed by atoms with Gasteiger partial charge in [0.05, 0.1) is 14.8 Å². The lowest BCUT2D eigenvalue weighted by Gasteiger charge is -2.23. The first-order valence-electron chi connectivity index (χ1n) is 6.38. The Kier molecular flexibility index (Phi) is 6.17. The molecule has 1 N–H and O–H groups in total. The summed E-state index contributed by atoms with van der Waals surface area (Å²) < 4.78 is 26.4. The largest absolute Gasteiger partial charge is 0.315 e. The molecule has 124 valence electrons. The van der Waals surface area contributed by atoms with Crippen LogP contribution in [0.1, 0.15) is 12.0 Å². The number of sulfonamides is 1. The molecule has 0 aromatic heterocycles. The maximum absolute atomic E-state index is 12.6. The second-order valence-electron chi connectivity index (χ2n) is 4.97. The zero-order chi connectivity index (χ0) is 15.8. The number of nitrogens with zero attached hydrogens (tertiary/aromatic N) is 2. The molecular weight excluding hydrogens is 353 g/mol. The molecule has 0 amide bonds. The second-order valence-corrected chi connectivity index (χ2v) is 7.38. The first kappa shape index (κ1) is 19.1. The van der Waals surface area contributed by atoms with Gasteiger partial charge in [-0.1, -0.05) is 11.6 Å². The molecule has 1 atom stereocenters. The highest BCUT2D eigenvalue weighted by Gasteiger charge is 2.31. The number of benzene rings is 1. The van der Waals surface area contributed by atoms with Crippen LogP contribution in [-0.2, 0) is 10.0 Å². The van der Waals surface area contributed by atoms with Crippen molar-refractivity contribution in [3.05, 3.63) is 32.8 Å². The quantitative estimate of drug-likeness (QED) is 0.646. The van der Waals surface area contributed by atoms with Crippen LogP contribution < -0.4 is 5.32 Å². The van der Waals surface area contributed by atoms with Gasteiger partial charge in [0.25, 0.3) is 5.69 Å². The summed E-state index contributed by atoms with van der Waals surface area (Å²) in [5.74, 6) is 0. The van der Waals surface area contributed by atoms with E-state index in [0.29, 0.717) is 13.0 Å². The third-order valence-electron chi connectivity index (χ3n) is 3.71. The molecule has 1 aromatic rings. The predicted octanol–water partition coefficient (Wildman–Crippen LogP) is 1.96. The summed E-state index contributed by atoms with van der Waals surface area (Å²) in [7, 11) is -2.33. The van der Waals surface area contributed by atoms with Gasteiger partial charge in [-0.2, -0.15) is 4.31 Å². The Balaban J connectivity index is 0.00000242. The van der Waals surface area contributed by atoms with Crippen LogP contribution in [0.2, 0.25) is 5.02 Å². The number of hydrogen-bond donors (Lipinski definition) is 1. The average molecular weight is 370 g/mol. The number of rotatable bonds is 4. The van der Waals surface area contributed by atoms with Gasteiger partial charge in [-0.05, 0) is 26.0 Å². The molecule has 7 nitrogen and oxygen atoms in total. The maximum Gasteiger partial charge on any atom is 0.275 e. The van der Waals surface area contributed by atoms with Crippen molar-refractivity contribution in [2.24, 2.45) is 0 Å². The summed E-state index contributed by atoms with van der Waals surface area (Å²) in [5.41, 5.74) is -0.0372. The van der Waals surface area contributed by atoms with E-state index in [4.69, 9.17) is 11.6 Å². The van der Waals surface area contributed by atoms with E-state index < -0.39 is 14.9 Å². The Morgan fingerprint density at radius 3 is 2.59 bits per heavy atom. The average Bonchev–Trinajstić information content (AvgIpc) is 2.94. The van der Waals surface area contributed by atoms with E-state index in [0.717, 1.165) is 12.6 Å². The highest BCUT2D eigenvalue weighted by Crippen LogP contribution is 2.31. The van der Waals surface area contributed by atoms with Gasteiger partial charge < -0.3 is 5.32 Å². The third kappa shape index (κ3) is 3.52. The van der Waals surface area contributed by atoms with Gasteiger partial charge in [-0.3, -0.25) is 10.1 Å². The molecule has 22 heavy (non-hydrogen) atoms. The molecule has 0 saturated carbocycles. The molecule has 0 radical (unpaired) electrons. The van der Waals surface area contributed by atoms with Gasteiger partial charge in [0.2, 0.25) is 10.0 Å². The third-order valence-corrected chi connectivity index (χ3v) is 5.99. The van der Waals surface area contributed by atoms with Crippen molar-refractivity contribution in [2.45, 2.75) is 24.3 Å². The first-order valence-corrected chi connectivity index (χ1v) is 8.20. The fourth-order valence-corrected chi connectivity index (χ4v) is 4.00. The molecule has 0 spiro atoms. The van der Waals surface area contributed by atoms with Crippen LogP contribution in [0.5, 0.6) is 0 Å². The van der Waals surface area contributed by atoms with Gasteiger partial charge in [-0.15, -0.1) is 12.4 Å². The minimum absolute atomic E-state index is 0. The Morgan fingerprint density at radius 1 is 1.45 bits per heavy atom. The summed E-state index contributed by atoms with van der Waals surface area (Å²) in [6, 6.07) is 2.17. The fraction of sp³-hybridized carbons (Fsp3) is 0.500. The molecule has 2 rings (SSSR count). The van der Waals surface area contributed by atoms with Crippen LogP contribution in [0.25, 0.3) is 0 Å². The number of nitro benzene ring substituents is 1. The van der Waals surface area contributed by atoms with E-state index in [2.05, 4.69) is 5.32 Å². The van der Waals surface area contributed by atoms with Crippen molar-refractivity contribution in [3.8, 4) is 0 Å². The van der Waals surface area contributed by atoms with Gasteiger partial charge in [0.15, 0.2) is 0 Å². The number of hydrogen-bond acceptors (Lipinski definition) is 5. The molecule has 1 aliphatic rings. The summed E-state index contributed by atoms with van der Waals surface area (Å²) in [4.78, 5) is 10.2. The smallest absolute Gasteiger partial charge is 0.275 e. The predicted molar refractivity (Wildman–Crippen MR) is 86.3 cm³/mol. The minimum atomic E-state index is -3.81. The molecule has 1 aromatic carbocycles. The van der Waals surface area contributed by atoms with Crippen LogP contribution in [0.15, 0.2) is 17.0 Å². The van der Waals surface area contributed by atoms with E-state index in [9.17, 15) is 18.5 Å². The normalized spacial score (nSPS) is 18.3. The van der Waals surface area contributed by atoms with E-state index in [1.807, 2.05) is 0 Å². The summed E-state index contributed by atoms with van der Waals surface area (Å²) in [5, 5.41) is 14.2. The SMILES string of the molecule is Cc1c(Cl)cc(S(=O)(=O)N(C)C2CCNC2)cc1[N+](=O)[O-].Cl. The molecule has 10 heteroatoms. The number of halogens is 2. The molecule has 1 saturated heterocycles. The summed E-state index contributed by atoms with van der Waals surface area (Å²) in [6.45, 7) is 2.80. The minimum Gasteiger partial charge on any atom is -0.315 e. The summed E-state index contributed by atoms with van der Waals surface area (Å²) in [6.07, 6.45) is 0.706. The molecule has 1 fully saturated rings. The van der Waals surface area contributed by atoms with Crippen LogP contribution >= 0.6 is 24.0 Å². The lowest BCUT2D eigenvalue weighted by molar-refractivity contribution is -0.385. The molecule has 1 aliphatic heterocycles. The van der Waals surface area contributed by atoms with E-state index >= 15 is 0 Å². The Labute approximate surface area is 140 Å². The molecular formula is C12H17Cl2N3O4S. The zero-order valence-electron chi connectivity index (χ0n) is 12.1. The Bertz CT molecular complexity index is 675. The van der Waals surface area contributed by atoms with Crippen LogP contribution in [0.4, 0.5) is 5.69 Å². The molecule has 0 bridgehead atoms. The molecule has 0 aliphatic carbocycles. The van der Waals surface area contributed by atoms with Gasteiger partial charge in [0, 0.05) is 31.3 Å². The topological polar surface area (TPSA) is 92.6 Å². The van der Waals surface area contributed by atoms with E-state index in [1.54, 1.807) is 0 Å². The van der Waals surface area contributed by atoms with Crippen molar-refractivity contribution in [3.63, 3.8) is 0 Å². The second kappa shape index (κ2) is 7.10. The van der Waals surface area contributed by atoms with Crippen molar-refractivity contribution in [2.75, 3.05) is 20.1 Å². The highest BCUT2D eigenvalue weighted by atomic mass is 35.5. The highest BCUT2D eigenvalue weighted by molar-refractivity contribution is 7.89. The number of nitrogens with one attached hydrogen (secondary N) is 1. The van der Waals surface area contributed by atoms with Gasteiger partial charge in [-0.25, -0.2) is 8.42 Å².